The summed E-state index contributed by atoms with van der Waals surface area (Å²) in [5, 5.41) is 0.940. The Kier molecular flexibility index (Phi) is 9.23. The van der Waals surface area contributed by atoms with Gasteiger partial charge in [0.05, 0.1) is 40.8 Å². The Morgan fingerprint density at radius 1 is 0.981 bits per heavy atom. The predicted molar refractivity (Wildman–Crippen MR) is 202 cm³/mol. The molecule has 4 aliphatic rings. The molecule has 7 rings (SSSR count). The molecule has 1 saturated carbocycles. The van der Waals surface area contributed by atoms with Crippen molar-refractivity contribution in [2.24, 2.45) is 5.41 Å². The van der Waals surface area contributed by atoms with E-state index in [-0.39, 0.29) is 29.5 Å². The Morgan fingerprint density at radius 2 is 1.73 bits per heavy atom. The van der Waals surface area contributed by atoms with Gasteiger partial charge < -0.3 is 23.9 Å². The number of anilines is 2. The number of amides is 2. The number of piperazine rings is 1. The number of aryl methyl sites for hydroxylation is 2. The highest BCUT2D eigenvalue weighted by Crippen LogP contribution is 2.43. The Bertz CT molecular complexity index is 2120. The molecule has 0 spiro atoms. The van der Waals surface area contributed by atoms with Crippen molar-refractivity contribution in [2.45, 2.75) is 77.6 Å². The second-order valence-corrected chi connectivity index (χ2v) is 18.5. The van der Waals surface area contributed by atoms with Crippen LogP contribution in [0.4, 0.5) is 11.4 Å². The SMILES string of the molecule is COC[C@H]1CN(c2cc(C)c3c4c(c(=O)oc3c2C)CN(C(=O)c2ccc(C(=O)NS(=O)(=O)C3(C)CC3)c(N3CCC(C)(C)C3)c2)CC4)CCN1C. The molecule has 0 radical (unpaired) electrons. The van der Waals surface area contributed by atoms with E-state index >= 15 is 0 Å². The number of hydrogen-bond donors (Lipinski definition) is 1. The van der Waals surface area contributed by atoms with Crippen molar-refractivity contribution < 1.29 is 27.2 Å². The zero-order valence-electron chi connectivity index (χ0n) is 31.4. The number of hydrogen-bond acceptors (Lipinski definition) is 10. The predicted octanol–water partition coefficient (Wildman–Crippen LogP) is 4.22. The average molecular weight is 734 g/mol. The van der Waals surface area contributed by atoms with Gasteiger partial charge in [-0.25, -0.2) is 17.9 Å². The third kappa shape index (κ3) is 6.49. The molecule has 2 aromatic carbocycles. The summed E-state index contributed by atoms with van der Waals surface area (Å²) in [7, 11) is -0.0112. The minimum atomic E-state index is -3.85. The van der Waals surface area contributed by atoms with Crippen molar-refractivity contribution >= 4 is 44.2 Å². The zero-order chi connectivity index (χ0) is 37.3. The summed E-state index contributed by atoms with van der Waals surface area (Å²) >= 11 is 0. The van der Waals surface area contributed by atoms with Crippen LogP contribution in [0.15, 0.2) is 33.5 Å². The maximum absolute atomic E-state index is 14.1. The van der Waals surface area contributed by atoms with Gasteiger partial charge in [0.25, 0.3) is 11.8 Å². The topological polar surface area (TPSA) is 133 Å². The summed E-state index contributed by atoms with van der Waals surface area (Å²) < 4.78 is 38.8. The highest BCUT2D eigenvalue weighted by molar-refractivity contribution is 7.91. The number of nitrogens with zero attached hydrogens (tertiary/aromatic N) is 4. The molecule has 12 nitrogen and oxygen atoms in total. The largest absolute Gasteiger partial charge is 0.422 e. The number of benzene rings is 2. The van der Waals surface area contributed by atoms with E-state index in [4.69, 9.17) is 9.15 Å². The van der Waals surface area contributed by atoms with Crippen molar-refractivity contribution in [3.63, 3.8) is 0 Å². The smallest absolute Gasteiger partial charge is 0.341 e. The lowest BCUT2D eigenvalue weighted by Crippen LogP contribution is -2.53. The second-order valence-electron chi connectivity index (χ2n) is 16.4. The van der Waals surface area contributed by atoms with Gasteiger partial charge in [0, 0.05) is 68.6 Å². The average Bonchev–Trinajstić information content (AvgIpc) is 3.77. The van der Waals surface area contributed by atoms with Gasteiger partial charge in [0.2, 0.25) is 10.0 Å². The van der Waals surface area contributed by atoms with E-state index in [0.717, 1.165) is 53.8 Å². The lowest BCUT2D eigenvalue weighted by molar-refractivity contribution is 0.0732. The van der Waals surface area contributed by atoms with E-state index in [1.54, 1.807) is 37.1 Å². The summed E-state index contributed by atoms with van der Waals surface area (Å²) in [4.78, 5) is 49.7. The van der Waals surface area contributed by atoms with Crippen LogP contribution in [0.2, 0.25) is 0 Å². The molecule has 3 aromatic rings. The van der Waals surface area contributed by atoms with Gasteiger partial charge in [0.1, 0.15) is 5.58 Å². The molecule has 13 heteroatoms. The van der Waals surface area contributed by atoms with Crippen LogP contribution in [-0.2, 0) is 27.7 Å². The van der Waals surface area contributed by atoms with E-state index in [1.807, 2.05) is 6.92 Å². The number of ether oxygens (including phenoxy) is 1. The standard InChI is InChI=1S/C39H51N5O7S/c1-24-18-31(42-17-16-41(6)27(20-42)22-50-7)25(2)34-33(24)28-10-14-43(21-30(28)37(47)51-34)36(46)26-8-9-29(32(19-26)44-15-13-38(3,4)23-44)35(45)40-52(48,49)39(5)11-12-39/h8-9,18-19,27H,10-17,20-23H2,1-7H3,(H,40,45)/t27-/m1/s1. The number of nitrogens with one attached hydrogen (secondary N) is 1. The van der Waals surface area contributed by atoms with Crippen LogP contribution in [0, 0.1) is 19.3 Å². The first-order valence-corrected chi connectivity index (χ1v) is 19.8. The van der Waals surface area contributed by atoms with Gasteiger partial charge in [-0.15, -0.1) is 0 Å². The maximum Gasteiger partial charge on any atom is 0.341 e. The molecule has 3 aliphatic heterocycles. The minimum Gasteiger partial charge on any atom is -0.422 e. The lowest BCUT2D eigenvalue weighted by Gasteiger charge is -2.41. The van der Waals surface area contributed by atoms with E-state index in [9.17, 15) is 22.8 Å². The number of carbonyl (C=O) groups is 2. The number of sulfonamides is 1. The van der Waals surface area contributed by atoms with Crippen molar-refractivity contribution in [3.05, 3.63) is 68.1 Å². The van der Waals surface area contributed by atoms with Crippen molar-refractivity contribution in [2.75, 3.05) is 69.8 Å². The molecule has 3 fully saturated rings. The molecule has 1 atom stereocenters. The molecule has 52 heavy (non-hydrogen) atoms. The van der Waals surface area contributed by atoms with Gasteiger partial charge in [-0.1, -0.05) is 13.8 Å². The lowest BCUT2D eigenvalue weighted by atomic mass is 9.92. The first kappa shape index (κ1) is 36.4. The van der Waals surface area contributed by atoms with Crippen molar-refractivity contribution in [3.8, 4) is 0 Å². The molecule has 2 saturated heterocycles. The Hall–Kier alpha value is -3.94. The van der Waals surface area contributed by atoms with Crippen molar-refractivity contribution in [1.82, 2.24) is 14.5 Å². The highest BCUT2D eigenvalue weighted by atomic mass is 32.2. The summed E-state index contributed by atoms with van der Waals surface area (Å²) in [5.41, 5.74) is 5.71. The maximum atomic E-state index is 14.1. The first-order valence-electron chi connectivity index (χ1n) is 18.3. The van der Waals surface area contributed by atoms with Gasteiger partial charge in [-0.3, -0.25) is 14.5 Å². The molecular weight excluding hydrogens is 683 g/mol. The monoisotopic (exact) mass is 733 g/mol. The van der Waals surface area contributed by atoms with Gasteiger partial charge in [-0.2, -0.15) is 0 Å². The van der Waals surface area contributed by atoms with Crippen LogP contribution in [0.1, 0.15) is 83.0 Å². The quantitative estimate of drug-likeness (QED) is 0.336. The summed E-state index contributed by atoms with van der Waals surface area (Å²) in [6.45, 7) is 15.1. The number of likely N-dealkylation sites (N-methyl/N-ethyl adjacent to an activating group) is 1. The molecule has 1 aliphatic carbocycles. The fourth-order valence-electron chi connectivity index (χ4n) is 8.15. The Morgan fingerprint density at radius 3 is 2.40 bits per heavy atom. The molecule has 0 unspecified atom stereocenters. The molecule has 4 heterocycles. The second kappa shape index (κ2) is 13.2. The number of fused-ring (bicyclic) bond motifs is 3. The van der Waals surface area contributed by atoms with Crippen LogP contribution in [0.25, 0.3) is 11.0 Å². The highest BCUT2D eigenvalue weighted by Gasteiger charge is 2.51. The molecule has 280 valence electrons. The number of carbonyl (C=O) groups excluding carboxylic acids is 2. The number of methoxy groups -OCH3 is 1. The normalized spacial score (nSPS) is 21.4. The fourth-order valence-corrected chi connectivity index (χ4v) is 9.39. The molecule has 0 bridgehead atoms. The first-order chi connectivity index (χ1) is 24.5. The fraction of sp³-hybridized carbons (Fsp3) is 0.564. The van der Waals surface area contributed by atoms with Crippen LogP contribution in [0.3, 0.4) is 0 Å². The Labute approximate surface area is 306 Å². The summed E-state index contributed by atoms with van der Waals surface area (Å²) in [5.74, 6) is -0.960. The molecule has 1 aromatic heterocycles. The van der Waals surface area contributed by atoms with E-state index in [2.05, 4.69) is 53.3 Å². The van der Waals surface area contributed by atoms with E-state index < -0.39 is 26.3 Å². The van der Waals surface area contributed by atoms with E-state index in [1.165, 1.54) is 0 Å². The summed E-state index contributed by atoms with van der Waals surface area (Å²) in [6, 6.07) is 7.28. The minimum absolute atomic E-state index is 0.0110. The zero-order valence-corrected chi connectivity index (χ0v) is 32.2. The molecular formula is C39H51N5O7S. The van der Waals surface area contributed by atoms with Crippen LogP contribution in [0.5, 0.6) is 0 Å². The van der Waals surface area contributed by atoms with Crippen LogP contribution < -0.4 is 20.1 Å². The van der Waals surface area contributed by atoms with E-state index in [0.29, 0.717) is 67.9 Å². The molecule has 2 amide bonds. The van der Waals surface area contributed by atoms with Gasteiger partial charge in [-0.05, 0) is 94.3 Å². The van der Waals surface area contributed by atoms with Gasteiger partial charge in [0.15, 0.2) is 0 Å². The van der Waals surface area contributed by atoms with Crippen LogP contribution >= 0.6 is 0 Å². The number of rotatable bonds is 8. The third-order valence-corrected chi connectivity index (χ3v) is 14.0. The Balaban J connectivity index is 1.17. The van der Waals surface area contributed by atoms with Gasteiger partial charge >= 0.3 is 5.63 Å². The molecule has 1 N–H and O–H groups in total. The van der Waals surface area contributed by atoms with Crippen molar-refractivity contribution in [1.29, 1.82) is 0 Å². The van der Waals surface area contributed by atoms with Crippen LogP contribution in [-0.4, -0.2) is 101 Å². The summed E-state index contributed by atoms with van der Waals surface area (Å²) in [6.07, 6.45) is 2.41. The third-order valence-electron chi connectivity index (χ3n) is 11.9.